The number of nitrogens with zero attached hydrogens (tertiary/aromatic N) is 3. The molecule has 0 aliphatic rings. The number of carboxylic acid groups (broad SMARTS) is 1. The van der Waals surface area contributed by atoms with Crippen molar-refractivity contribution in [3.05, 3.63) is 23.1 Å². The Balaban J connectivity index is 2.59. The average molecular weight is 305 g/mol. The molecule has 0 amide bonds. The van der Waals surface area contributed by atoms with Crippen LogP contribution in [0.25, 0.3) is 10.7 Å². The summed E-state index contributed by atoms with van der Waals surface area (Å²) in [4.78, 5) is 17.4. The summed E-state index contributed by atoms with van der Waals surface area (Å²) in [7, 11) is 0. The van der Waals surface area contributed by atoms with Crippen molar-refractivity contribution in [3.63, 3.8) is 0 Å². The largest absolute Gasteiger partial charge is 0.477 e. The number of halogens is 3. The molecule has 0 spiro atoms. The standard InChI is InChI=1S/C11H10F3N3O2S/c1-5(2)17-4-15-3-6(17)9-16-8(11(12,13)14)7(20-9)10(18)19/h3-5H,1-2H3,(H,18,19). The van der Waals surface area contributed by atoms with Gasteiger partial charge in [-0.1, -0.05) is 0 Å². The van der Waals surface area contributed by atoms with E-state index in [4.69, 9.17) is 5.11 Å². The number of aromatic carboxylic acids is 1. The first kappa shape index (κ1) is 14.5. The van der Waals surface area contributed by atoms with Gasteiger partial charge in [-0.2, -0.15) is 13.2 Å². The zero-order valence-electron chi connectivity index (χ0n) is 10.5. The zero-order valence-corrected chi connectivity index (χ0v) is 11.3. The van der Waals surface area contributed by atoms with Gasteiger partial charge in [0.15, 0.2) is 5.69 Å². The van der Waals surface area contributed by atoms with Crippen molar-refractivity contribution >= 4 is 17.3 Å². The Labute approximate surface area is 115 Å². The van der Waals surface area contributed by atoms with E-state index in [2.05, 4.69) is 9.97 Å². The summed E-state index contributed by atoms with van der Waals surface area (Å²) < 4.78 is 40.0. The predicted octanol–water partition coefficient (Wildman–Crippen LogP) is 3.30. The van der Waals surface area contributed by atoms with E-state index < -0.39 is 22.7 Å². The Kier molecular flexibility index (Phi) is 3.55. The van der Waals surface area contributed by atoms with Gasteiger partial charge >= 0.3 is 12.1 Å². The molecule has 20 heavy (non-hydrogen) atoms. The van der Waals surface area contributed by atoms with Crippen molar-refractivity contribution in [2.24, 2.45) is 0 Å². The maximum Gasteiger partial charge on any atom is 0.435 e. The highest BCUT2D eigenvalue weighted by molar-refractivity contribution is 7.17. The van der Waals surface area contributed by atoms with Crippen LogP contribution in [0.2, 0.25) is 0 Å². The first-order chi connectivity index (χ1) is 9.21. The SMILES string of the molecule is CC(C)n1cncc1-c1nc(C(F)(F)F)c(C(=O)O)s1. The highest BCUT2D eigenvalue weighted by Gasteiger charge is 2.40. The fourth-order valence-corrected chi connectivity index (χ4v) is 2.59. The van der Waals surface area contributed by atoms with E-state index in [1.165, 1.54) is 12.5 Å². The number of carboxylic acids is 1. The summed E-state index contributed by atoms with van der Waals surface area (Å²) >= 11 is 0.492. The lowest BCUT2D eigenvalue weighted by Crippen LogP contribution is -2.11. The molecule has 0 atom stereocenters. The Bertz CT molecular complexity index is 646. The van der Waals surface area contributed by atoms with Gasteiger partial charge < -0.3 is 9.67 Å². The smallest absolute Gasteiger partial charge is 0.435 e. The van der Waals surface area contributed by atoms with Crippen LogP contribution in [0.4, 0.5) is 13.2 Å². The Morgan fingerprint density at radius 2 is 2.10 bits per heavy atom. The summed E-state index contributed by atoms with van der Waals surface area (Å²) in [5.41, 5.74) is -1.01. The first-order valence-electron chi connectivity index (χ1n) is 5.55. The molecule has 0 unspecified atom stereocenters. The number of hydrogen-bond donors (Lipinski definition) is 1. The summed E-state index contributed by atoms with van der Waals surface area (Å²) in [5, 5.41) is 8.85. The third-order valence-corrected chi connectivity index (χ3v) is 3.60. The minimum atomic E-state index is -4.80. The van der Waals surface area contributed by atoms with Gasteiger partial charge in [-0.15, -0.1) is 11.3 Å². The van der Waals surface area contributed by atoms with Gasteiger partial charge in [0.25, 0.3) is 0 Å². The van der Waals surface area contributed by atoms with E-state index in [9.17, 15) is 18.0 Å². The molecule has 5 nitrogen and oxygen atoms in total. The second-order valence-electron chi connectivity index (χ2n) is 4.28. The average Bonchev–Trinajstić information content (AvgIpc) is 2.94. The number of imidazole rings is 1. The molecule has 2 aromatic heterocycles. The van der Waals surface area contributed by atoms with E-state index in [-0.39, 0.29) is 11.0 Å². The monoisotopic (exact) mass is 305 g/mol. The number of rotatable bonds is 3. The number of thiazole rings is 1. The third kappa shape index (κ3) is 2.53. The molecule has 1 N–H and O–H groups in total. The van der Waals surface area contributed by atoms with Crippen molar-refractivity contribution in [1.82, 2.24) is 14.5 Å². The quantitative estimate of drug-likeness (QED) is 0.944. The minimum Gasteiger partial charge on any atom is -0.477 e. The maximum atomic E-state index is 12.8. The molecule has 108 valence electrons. The summed E-state index contributed by atoms with van der Waals surface area (Å²) in [5.74, 6) is -1.64. The topological polar surface area (TPSA) is 68.0 Å². The molecule has 0 bridgehead atoms. The molecule has 0 aliphatic heterocycles. The summed E-state index contributed by atoms with van der Waals surface area (Å²) in [6.45, 7) is 3.67. The van der Waals surface area contributed by atoms with Crippen LogP contribution in [0, 0.1) is 0 Å². The molecule has 0 radical (unpaired) electrons. The minimum absolute atomic E-state index is 0.0130. The van der Waals surface area contributed by atoms with E-state index in [0.717, 1.165) is 0 Å². The molecule has 0 saturated carbocycles. The van der Waals surface area contributed by atoms with Crippen LogP contribution in [0.3, 0.4) is 0 Å². The molecule has 9 heteroatoms. The van der Waals surface area contributed by atoms with Gasteiger partial charge in [-0.25, -0.2) is 14.8 Å². The number of hydrogen-bond acceptors (Lipinski definition) is 4. The van der Waals surface area contributed by atoms with Crippen molar-refractivity contribution in [3.8, 4) is 10.7 Å². The molecule has 2 rings (SSSR count). The predicted molar refractivity (Wildman–Crippen MR) is 65.7 cm³/mol. The summed E-state index contributed by atoms with van der Waals surface area (Å²) in [6, 6.07) is -0.0287. The lowest BCUT2D eigenvalue weighted by molar-refractivity contribution is -0.141. The summed E-state index contributed by atoms with van der Waals surface area (Å²) in [6.07, 6.45) is -1.97. The molecule has 0 aromatic carbocycles. The van der Waals surface area contributed by atoms with Crippen molar-refractivity contribution in [2.45, 2.75) is 26.1 Å². The van der Waals surface area contributed by atoms with Crippen LogP contribution >= 0.6 is 11.3 Å². The Hall–Kier alpha value is -1.90. The fraction of sp³-hybridized carbons (Fsp3) is 0.364. The van der Waals surface area contributed by atoms with Gasteiger partial charge in [-0.3, -0.25) is 0 Å². The van der Waals surface area contributed by atoms with E-state index in [1.807, 2.05) is 13.8 Å². The maximum absolute atomic E-state index is 12.8. The molecular formula is C11H10F3N3O2S. The van der Waals surface area contributed by atoms with Crippen LogP contribution in [0.5, 0.6) is 0 Å². The molecule has 2 aromatic rings. The van der Waals surface area contributed by atoms with Gasteiger partial charge in [0.05, 0.1) is 18.2 Å². The Morgan fingerprint density at radius 3 is 2.55 bits per heavy atom. The number of carbonyl (C=O) groups is 1. The molecule has 2 heterocycles. The van der Waals surface area contributed by atoms with Crippen molar-refractivity contribution < 1.29 is 23.1 Å². The van der Waals surface area contributed by atoms with E-state index in [0.29, 0.717) is 17.0 Å². The van der Waals surface area contributed by atoms with Gasteiger partial charge in [0.1, 0.15) is 9.88 Å². The number of alkyl halides is 3. The normalized spacial score (nSPS) is 12.1. The lowest BCUT2D eigenvalue weighted by Gasteiger charge is -2.09. The van der Waals surface area contributed by atoms with Crippen molar-refractivity contribution in [2.75, 3.05) is 0 Å². The van der Waals surface area contributed by atoms with Crippen LogP contribution in [-0.2, 0) is 6.18 Å². The van der Waals surface area contributed by atoms with E-state index in [1.54, 1.807) is 4.57 Å². The third-order valence-electron chi connectivity index (χ3n) is 2.53. The van der Waals surface area contributed by atoms with Gasteiger partial charge in [0, 0.05) is 6.04 Å². The van der Waals surface area contributed by atoms with Gasteiger partial charge in [-0.05, 0) is 13.8 Å². The van der Waals surface area contributed by atoms with Crippen molar-refractivity contribution in [1.29, 1.82) is 0 Å². The fourth-order valence-electron chi connectivity index (χ4n) is 1.65. The molecule has 0 saturated heterocycles. The van der Waals surface area contributed by atoms with Crippen LogP contribution in [0.1, 0.15) is 35.3 Å². The van der Waals surface area contributed by atoms with Crippen LogP contribution in [0.15, 0.2) is 12.5 Å². The second kappa shape index (κ2) is 4.89. The molecule has 0 aliphatic carbocycles. The highest BCUT2D eigenvalue weighted by atomic mass is 32.1. The lowest BCUT2D eigenvalue weighted by atomic mass is 10.3. The first-order valence-corrected chi connectivity index (χ1v) is 6.37. The Morgan fingerprint density at radius 1 is 1.45 bits per heavy atom. The molecule has 0 fully saturated rings. The van der Waals surface area contributed by atoms with Crippen LogP contribution in [-0.4, -0.2) is 25.6 Å². The van der Waals surface area contributed by atoms with Gasteiger partial charge in [0.2, 0.25) is 0 Å². The highest BCUT2D eigenvalue weighted by Crippen LogP contribution is 2.38. The zero-order chi connectivity index (χ0) is 15.1. The van der Waals surface area contributed by atoms with E-state index >= 15 is 0 Å². The second-order valence-corrected chi connectivity index (χ2v) is 5.28. The molecular weight excluding hydrogens is 295 g/mol. The van der Waals surface area contributed by atoms with Crippen LogP contribution < -0.4 is 0 Å². The number of aromatic nitrogens is 3.